The highest BCUT2D eigenvalue weighted by Gasteiger charge is 2.16. The van der Waals surface area contributed by atoms with Crippen LogP contribution in [-0.4, -0.2) is 39.9 Å². The Labute approximate surface area is 123 Å². The molecule has 6 heteroatoms. The molecule has 1 fully saturated rings. The molecule has 1 saturated heterocycles. The maximum atomic E-state index is 12.0. The van der Waals surface area contributed by atoms with Gasteiger partial charge in [0, 0.05) is 38.2 Å². The van der Waals surface area contributed by atoms with Gasteiger partial charge in [0.15, 0.2) is 0 Å². The highest BCUT2D eigenvalue weighted by molar-refractivity contribution is 5.94. The number of rotatable bonds is 4. The van der Waals surface area contributed by atoms with Gasteiger partial charge in [0.25, 0.3) is 5.91 Å². The number of carbonyl (C=O) groups excluding carboxylic acids is 1. The van der Waals surface area contributed by atoms with E-state index in [4.69, 9.17) is 4.74 Å². The fourth-order valence-electron chi connectivity index (χ4n) is 2.37. The summed E-state index contributed by atoms with van der Waals surface area (Å²) in [4.78, 5) is 16.3. The van der Waals surface area contributed by atoms with Gasteiger partial charge in [0.2, 0.25) is 0 Å². The summed E-state index contributed by atoms with van der Waals surface area (Å²) in [7, 11) is 1.86. The monoisotopic (exact) mass is 286 g/mol. The molecule has 1 unspecified atom stereocenters. The molecule has 1 N–H and O–H groups in total. The first kappa shape index (κ1) is 13.8. The molecule has 0 radical (unpaired) electrons. The zero-order valence-electron chi connectivity index (χ0n) is 12.0. The maximum absolute atomic E-state index is 12.0. The lowest BCUT2D eigenvalue weighted by atomic mass is 10.2. The second kappa shape index (κ2) is 6.05. The zero-order chi connectivity index (χ0) is 14.7. The van der Waals surface area contributed by atoms with Crippen LogP contribution in [0.4, 0.5) is 0 Å². The molecule has 1 aliphatic heterocycles. The minimum Gasteiger partial charge on any atom is -0.376 e. The van der Waals surface area contributed by atoms with E-state index in [1.165, 1.54) is 0 Å². The number of hydrogen-bond donors (Lipinski definition) is 1. The van der Waals surface area contributed by atoms with Crippen molar-refractivity contribution in [1.29, 1.82) is 0 Å². The Hall–Kier alpha value is -2.21. The molecule has 0 saturated carbocycles. The topological polar surface area (TPSA) is 69.0 Å². The summed E-state index contributed by atoms with van der Waals surface area (Å²) in [5, 5.41) is 6.99. The summed E-state index contributed by atoms with van der Waals surface area (Å²) in [5.74, 6) is -0.115. The van der Waals surface area contributed by atoms with E-state index in [2.05, 4.69) is 15.4 Å². The summed E-state index contributed by atoms with van der Waals surface area (Å²) >= 11 is 0. The molecule has 0 aromatic carbocycles. The van der Waals surface area contributed by atoms with Gasteiger partial charge in [-0.05, 0) is 25.0 Å². The maximum Gasteiger partial charge on any atom is 0.252 e. The fourth-order valence-corrected chi connectivity index (χ4v) is 2.37. The van der Waals surface area contributed by atoms with E-state index in [1.54, 1.807) is 23.1 Å². The van der Waals surface area contributed by atoms with Crippen molar-refractivity contribution in [2.24, 2.45) is 7.05 Å². The molecule has 21 heavy (non-hydrogen) atoms. The first-order valence-corrected chi connectivity index (χ1v) is 7.07. The molecule has 3 rings (SSSR count). The second-order valence-electron chi connectivity index (χ2n) is 5.18. The Bertz CT molecular complexity index is 615. The van der Waals surface area contributed by atoms with E-state index in [9.17, 15) is 4.79 Å². The largest absolute Gasteiger partial charge is 0.376 e. The van der Waals surface area contributed by atoms with Gasteiger partial charge in [-0.25, -0.2) is 0 Å². The van der Waals surface area contributed by atoms with Gasteiger partial charge < -0.3 is 10.1 Å². The summed E-state index contributed by atoms with van der Waals surface area (Å²) in [5.41, 5.74) is 2.29. The SMILES string of the molecule is Cn1cc(-c2ccc(C(=O)NCC3CCCO3)cn2)cn1. The van der Waals surface area contributed by atoms with Gasteiger partial charge in [0.05, 0.1) is 23.6 Å². The quantitative estimate of drug-likeness (QED) is 0.922. The minimum absolute atomic E-state index is 0.115. The minimum atomic E-state index is -0.115. The molecule has 1 aliphatic rings. The van der Waals surface area contributed by atoms with E-state index < -0.39 is 0 Å². The molecule has 0 bridgehead atoms. The molecule has 2 aromatic heterocycles. The molecule has 2 aromatic rings. The number of ether oxygens (including phenoxy) is 1. The average molecular weight is 286 g/mol. The second-order valence-corrected chi connectivity index (χ2v) is 5.18. The number of amides is 1. The van der Waals surface area contributed by atoms with Crippen LogP contribution in [-0.2, 0) is 11.8 Å². The van der Waals surface area contributed by atoms with Gasteiger partial charge in [-0.2, -0.15) is 5.10 Å². The molecular formula is C15H18N4O2. The Morgan fingerprint density at radius 3 is 3.00 bits per heavy atom. The van der Waals surface area contributed by atoms with Gasteiger partial charge in [0.1, 0.15) is 0 Å². The molecule has 110 valence electrons. The van der Waals surface area contributed by atoms with Crippen molar-refractivity contribution in [3.05, 3.63) is 36.3 Å². The van der Waals surface area contributed by atoms with Crippen LogP contribution in [0.3, 0.4) is 0 Å². The van der Waals surface area contributed by atoms with Crippen LogP contribution in [0, 0.1) is 0 Å². The van der Waals surface area contributed by atoms with Crippen LogP contribution >= 0.6 is 0 Å². The van der Waals surface area contributed by atoms with Crippen molar-refractivity contribution >= 4 is 5.91 Å². The van der Waals surface area contributed by atoms with Crippen LogP contribution in [0.1, 0.15) is 23.2 Å². The third kappa shape index (κ3) is 3.28. The third-order valence-corrected chi connectivity index (χ3v) is 3.54. The van der Waals surface area contributed by atoms with E-state index in [-0.39, 0.29) is 12.0 Å². The number of carbonyl (C=O) groups is 1. The summed E-state index contributed by atoms with van der Waals surface area (Å²) in [6.45, 7) is 1.35. The molecular weight excluding hydrogens is 268 g/mol. The number of aromatic nitrogens is 3. The summed E-state index contributed by atoms with van der Waals surface area (Å²) < 4.78 is 7.20. The molecule has 0 spiro atoms. The molecule has 3 heterocycles. The standard InChI is InChI=1S/C15H18N4O2/c1-19-10-12(8-18-19)14-5-4-11(7-16-14)15(20)17-9-13-3-2-6-21-13/h4-5,7-8,10,13H,2-3,6,9H2,1H3,(H,17,20). The molecule has 6 nitrogen and oxygen atoms in total. The first-order valence-electron chi connectivity index (χ1n) is 7.07. The fraction of sp³-hybridized carbons (Fsp3) is 0.400. The highest BCUT2D eigenvalue weighted by Crippen LogP contribution is 2.16. The van der Waals surface area contributed by atoms with E-state index >= 15 is 0 Å². The predicted molar refractivity (Wildman–Crippen MR) is 77.7 cm³/mol. The van der Waals surface area contributed by atoms with Crippen molar-refractivity contribution in [1.82, 2.24) is 20.1 Å². The lowest BCUT2D eigenvalue weighted by Crippen LogP contribution is -2.31. The Kier molecular flexibility index (Phi) is 3.96. The van der Waals surface area contributed by atoms with E-state index in [1.807, 2.05) is 19.3 Å². The lowest BCUT2D eigenvalue weighted by molar-refractivity contribution is 0.0857. The lowest BCUT2D eigenvalue weighted by Gasteiger charge is -2.10. The first-order chi connectivity index (χ1) is 10.2. The number of nitrogens with one attached hydrogen (secondary N) is 1. The van der Waals surface area contributed by atoms with E-state index in [0.717, 1.165) is 30.7 Å². The number of nitrogens with zero attached hydrogens (tertiary/aromatic N) is 3. The van der Waals surface area contributed by atoms with Gasteiger partial charge in [-0.1, -0.05) is 0 Å². The van der Waals surface area contributed by atoms with Crippen molar-refractivity contribution in [3.63, 3.8) is 0 Å². The number of pyridine rings is 1. The summed E-state index contributed by atoms with van der Waals surface area (Å²) in [6, 6.07) is 3.61. The Morgan fingerprint density at radius 1 is 1.48 bits per heavy atom. The van der Waals surface area contributed by atoms with Crippen molar-refractivity contribution in [2.45, 2.75) is 18.9 Å². The predicted octanol–water partition coefficient (Wildman–Crippen LogP) is 1.39. The Morgan fingerprint density at radius 2 is 2.38 bits per heavy atom. The normalized spacial score (nSPS) is 17.9. The molecule has 0 aliphatic carbocycles. The van der Waals surface area contributed by atoms with Gasteiger partial charge in [-0.15, -0.1) is 0 Å². The highest BCUT2D eigenvalue weighted by atomic mass is 16.5. The van der Waals surface area contributed by atoms with Crippen LogP contribution in [0.5, 0.6) is 0 Å². The van der Waals surface area contributed by atoms with Crippen LogP contribution in [0.25, 0.3) is 11.3 Å². The third-order valence-electron chi connectivity index (χ3n) is 3.54. The zero-order valence-corrected chi connectivity index (χ0v) is 12.0. The average Bonchev–Trinajstić information content (AvgIpc) is 3.16. The summed E-state index contributed by atoms with van der Waals surface area (Å²) in [6.07, 6.45) is 7.46. The van der Waals surface area contributed by atoms with Gasteiger partial charge >= 0.3 is 0 Å². The van der Waals surface area contributed by atoms with Crippen molar-refractivity contribution in [3.8, 4) is 11.3 Å². The smallest absolute Gasteiger partial charge is 0.252 e. The molecule has 1 amide bonds. The molecule has 1 atom stereocenters. The number of aryl methyl sites for hydroxylation is 1. The Balaban J connectivity index is 1.61. The van der Waals surface area contributed by atoms with Crippen LogP contribution < -0.4 is 5.32 Å². The van der Waals surface area contributed by atoms with Crippen molar-refractivity contribution in [2.75, 3.05) is 13.2 Å². The van der Waals surface area contributed by atoms with Crippen molar-refractivity contribution < 1.29 is 9.53 Å². The number of hydrogen-bond acceptors (Lipinski definition) is 4. The van der Waals surface area contributed by atoms with Crippen LogP contribution in [0.2, 0.25) is 0 Å². The van der Waals surface area contributed by atoms with E-state index in [0.29, 0.717) is 12.1 Å². The van der Waals surface area contributed by atoms with Crippen LogP contribution in [0.15, 0.2) is 30.7 Å². The van der Waals surface area contributed by atoms with Gasteiger partial charge in [-0.3, -0.25) is 14.5 Å².